The van der Waals surface area contributed by atoms with E-state index in [1.54, 1.807) is 18.2 Å². The van der Waals surface area contributed by atoms with Crippen LogP contribution in [0.2, 0.25) is 0 Å². The Morgan fingerprint density at radius 3 is 0.867 bits per heavy atom. The minimum atomic E-state index is -1.17. The molecule has 0 aliphatic rings. The molecule has 0 saturated heterocycles. The maximum Gasteiger partial charge on any atom is 0.160 e. The van der Waals surface area contributed by atoms with Crippen molar-refractivity contribution in [2.45, 2.75) is 0 Å². The molecule has 0 bridgehead atoms. The van der Waals surface area contributed by atoms with Gasteiger partial charge in [-0.2, -0.15) is 0 Å². The Bertz CT molecular complexity index is 2170. The Labute approximate surface area is 258 Å². The quantitative estimate of drug-likeness (QED) is 0.156. The standard InChI is InChI=1S/C42H21F3/c43-40-37(25-22-31-16-7-13-28-10-1-4-19-34(28)31)41(44)39(27-24-33-18-9-15-30-12-3-6-21-36(30)33)42(45)38(40)26-23-32-17-8-14-29-11-2-5-20-35(29)32/h1-21H. The van der Waals surface area contributed by atoms with Gasteiger partial charge in [0.2, 0.25) is 0 Å². The van der Waals surface area contributed by atoms with Crippen molar-refractivity contribution in [1.82, 2.24) is 0 Å². The van der Waals surface area contributed by atoms with Gasteiger partial charge >= 0.3 is 0 Å². The molecule has 0 N–H and O–H groups in total. The van der Waals surface area contributed by atoms with Crippen LogP contribution in [0.1, 0.15) is 33.4 Å². The average molecular weight is 583 g/mol. The zero-order chi connectivity index (χ0) is 30.8. The lowest BCUT2D eigenvalue weighted by Gasteiger charge is -2.07. The van der Waals surface area contributed by atoms with E-state index in [0.717, 1.165) is 32.3 Å². The molecular weight excluding hydrogens is 561 g/mol. The van der Waals surface area contributed by atoms with Crippen LogP contribution in [-0.4, -0.2) is 0 Å². The minimum absolute atomic E-state index is 0.586. The van der Waals surface area contributed by atoms with Gasteiger partial charge in [0.05, 0.1) is 16.7 Å². The molecule has 0 radical (unpaired) electrons. The molecule has 0 atom stereocenters. The van der Waals surface area contributed by atoms with E-state index in [1.165, 1.54) is 0 Å². The van der Waals surface area contributed by atoms with Gasteiger partial charge in [0.15, 0.2) is 17.5 Å². The molecule has 0 aromatic heterocycles. The third-order valence-electron chi connectivity index (χ3n) is 7.65. The highest BCUT2D eigenvalue weighted by Crippen LogP contribution is 2.26. The number of benzene rings is 7. The van der Waals surface area contributed by atoms with Gasteiger partial charge in [-0.25, -0.2) is 13.2 Å². The summed E-state index contributed by atoms with van der Waals surface area (Å²) in [5, 5.41) is 5.32. The fraction of sp³-hybridized carbons (Fsp3) is 0. The Morgan fingerprint density at radius 1 is 0.289 bits per heavy atom. The molecule has 3 heteroatoms. The van der Waals surface area contributed by atoms with E-state index in [4.69, 9.17) is 0 Å². The molecule has 0 spiro atoms. The second-order valence-corrected chi connectivity index (χ2v) is 10.4. The molecule has 0 unspecified atom stereocenters. The van der Waals surface area contributed by atoms with Crippen LogP contribution in [-0.2, 0) is 0 Å². The molecule has 0 amide bonds. The first-order valence-electron chi connectivity index (χ1n) is 14.3. The van der Waals surface area contributed by atoms with E-state index in [1.807, 2.05) is 109 Å². The summed E-state index contributed by atoms with van der Waals surface area (Å²) in [6, 6.07) is 39.4. The van der Waals surface area contributed by atoms with E-state index >= 15 is 13.2 Å². The number of rotatable bonds is 0. The molecule has 210 valence electrons. The Morgan fingerprint density at radius 2 is 0.556 bits per heavy atom. The zero-order valence-corrected chi connectivity index (χ0v) is 23.8. The molecule has 0 fully saturated rings. The van der Waals surface area contributed by atoms with Crippen molar-refractivity contribution in [2.24, 2.45) is 0 Å². The summed E-state index contributed by atoms with van der Waals surface area (Å²) in [6.07, 6.45) is 0. The van der Waals surface area contributed by atoms with E-state index in [0.29, 0.717) is 16.7 Å². The van der Waals surface area contributed by atoms with Gasteiger partial charge in [-0.15, -0.1) is 0 Å². The summed E-state index contributed by atoms with van der Waals surface area (Å²) in [6.45, 7) is 0. The highest BCUT2D eigenvalue weighted by Gasteiger charge is 2.23. The molecule has 0 saturated carbocycles. The van der Waals surface area contributed by atoms with Crippen molar-refractivity contribution >= 4 is 32.3 Å². The largest absolute Gasteiger partial charge is 0.204 e. The van der Waals surface area contributed by atoms with Crippen LogP contribution in [0.4, 0.5) is 13.2 Å². The van der Waals surface area contributed by atoms with Crippen LogP contribution in [0.3, 0.4) is 0 Å². The Balaban J connectivity index is 1.44. The van der Waals surface area contributed by atoms with Crippen molar-refractivity contribution < 1.29 is 13.2 Å². The van der Waals surface area contributed by atoms with Crippen molar-refractivity contribution in [3.63, 3.8) is 0 Å². The Hall–Kier alpha value is -6.21. The lowest BCUT2D eigenvalue weighted by molar-refractivity contribution is 0.531. The molecule has 0 nitrogen and oxygen atoms in total. The van der Waals surface area contributed by atoms with Crippen LogP contribution in [0.5, 0.6) is 0 Å². The second kappa shape index (κ2) is 11.8. The SMILES string of the molecule is Fc1c(C#Cc2cccc3ccccc23)c(F)c(C#Cc2cccc3ccccc23)c(F)c1C#Cc1cccc2ccccc12. The van der Waals surface area contributed by atoms with Crippen molar-refractivity contribution in [2.75, 3.05) is 0 Å². The summed E-state index contributed by atoms with van der Waals surface area (Å²) in [5.41, 5.74) is -0.00895. The molecule has 7 rings (SSSR count). The van der Waals surface area contributed by atoms with Gasteiger partial charge in [-0.3, -0.25) is 0 Å². The summed E-state index contributed by atoms with van der Waals surface area (Å²) in [5.74, 6) is 13.2. The van der Waals surface area contributed by atoms with Crippen LogP contribution in [0.25, 0.3) is 32.3 Å². The smallest absolute Gasteiger partial charge is 0.160 e. The normalized spacial score (nSPS) is 10.5. The maximum atomic E-state index is 16.0. The first-order chi connectivity index (χ1) is 22.1. The van der Waals surface area contributed by atoms with Crippen molar-refractivity contribution in [3.8, 4) is 35.5 Å². The summed E-state index contributed by atoms with van der Waals surface area (Å²) >= 11 is 0. The van der Waals surface area contributed by atoms with Gasteiger partial charge < -0.3 is 0 Å². The van der Waals surface area contributed by atoms with Gasteiger partial charge in [-0.1, -0.05) is 145 Å². The van der Waals surface area contributed by atoms with E-state index in [-0.39, 0.29) is 0 Å². The number of fused-ring (bicyclic) bond motifs is 3. The molecule has 0 heterocycles. The molecule has 45 heavy (non-hydrogen) atoms. The second-order valence-electron chi connectivity index (χ2n) is 10.4. The van der Waals surface area contributed by atoms with Crippen LogP contribution in [0, 0.1) is 53.0 Å². The number of hydrogen-bond acceptors (Lipinski definition) is 0. The predicted octanol–water partition coefficient (Wildman–Crippen LogP) is 9.76. The summed E-state index contributed by atoms with van der Waals surface area (Å²) in [4.78, 5) is 0. The van der Waals surface area contributed by atoms with Gasteiger partial charge in [0, 0.05) is 16.7 Å². The lowest BCUT2D eigenvalue weighted by Crippen LogP contribution is -2.04. The third-order valence-corrected chi connectivity index (χ3v) is 7.65. The maximum absolute atomic E-state index is 16.0. The highest BCUT2D eigenvalue weighted by atomic mass is 19.1. The summed E-state index contributed by atoms with van der Waals surface area (Å²) < 4.78 is 48.1. The van der Waals surface area contributed by atoms with Crippen molar-refractivity contribution in [3.05, 3.63) is 178 Å². The number of halogens is 3. The first-order valence-corrected chi connectivity index (χ1v) is 14.3. The molecule has 7 aromatic carbocycles. The van der Waals surface area contributed by atoms with E-state index in [2.05, 4.69) is 35.5 Å². The first kappa shape index (κ1) is 27.6. The van der Waals surface area contributed by atoms with E-state index in [9.17, 15) is 0 Å². The minimum Gasteiger partial charge on any atom is -0.204 e. The molecule has 0 aliphatic heterocycles. The van der Waals surface area contributed by atoms with Gasteiger partial charge in [0.1, 0.15) is 0 Å². The monoisotopic (exact) mass is 582 g/mol. The third kappa shape index (κ3) is 5.28. The fourth-order valence-corrected chi connectivity index (χ4v) is 5.39. The Kier molecular flexibility index (Phi) is 7.25. The van der Waals surface area contributed by atoms with Crippen LogP contribution in [0.15, 0.2) is 127 Å². The van der Waals surface area contributed by atoms with Gasteiger partial charge in [-0.05, 0) is 50.5 Å². The number of hydrogen-bond donors (Lipinski definition) is 0. The summed E-state index contributed by atoms with van der Waals surface area (Å²) in [7, 11) is 0. The zero-order valence-electron chi connectivity index (χ0n) is 23.8. The lowest BCUT2D eigenvalue weighted by atomic mass is 9.99. The molecule has 7 aromatic rings. The molecule has 0 aliphatic carbocycles. The topological polar surface area (TPSA) is 0 Å². The highest BCUT2D eigenvalue weighted by molar-refractivity contribution is 5.90. The average Bonchev–Trinajstić information content (AvgIpc) is 3.08. The molecular formula is C42H21F3. The van der Waals surface area contributed by atoms with E-state index < -0.39 is 34.1 Å². The van der Waals surface area contributed by atoms with Crippen LogP contribution >= 0.6 is 0 Å². The predicted molar refractivity (Wildman–Crippen MR) is 176 cm³/mol. The van der Waals surface area contributed by atoms with Crippen molar-refractivity contribution in [1.29, 1.82) is 0 Å². The van der Waals surface area contributed by atoms with Gasteiger partial charge in [0.25, 0.3) is 0 Å². The fourth-order valence-electron chi connectivity index (χ4n) is 5.39. The van der Waals surface area contributed by atoms with Crippen LogP contribution < -0.4 is 0 Å².